The third-order valence-electron chi connectivity index (χ3n) is 8.30. The van der Waals surface area contributed by atoms with Gasteiger partial charge in [0.2, 0.25) is 11.8 Å². The molecule has 2 N–H and O–H groups in total. The predicted molar refractivity (Wildman–Crippen MR) is 170 cm³/mol. The number of nitrogens with zero attached hydrogens (tertiary/aromatic N) is 2. The van der Waals surface area contributed by atoms with Crippen LogP contribution in [0, 0.1) is 56.2 Å². The number of phenolic OH excluding ortho intramolecular Hbond substituents is 1. The topological polar surface area (TPSA) is 116 Å². The molecule has 9 nitrogen and oxygen atoms in total. The number of rotatable bonds is 9. The smallest absolute Gasteiger partial charge is 0.542 e. The minimum atomic E-state index is -0.774. The molecule has 0 spiro atoms. The maximum absolute atomic E-state index is 14.6. The van der Waals surface area contributed by atoms with Crippen LogP contribution in [0.15, 0.2) is 42.5 Å². The number of piperidine rings is 2. The van der Waals surface area contributed by atoms with Gasteiger partial charge in [-0.1, -0.05) is 12.1 Å². The number of ether oxygens (including phenoxy) is 1. The first-order valence-electron chi connectivity index (χ1n) is 15.4. The van der Waals surface area contributed by atoms with Crippen LogP contribution in [0.25, 0.3) is 11.1 Å². The van der Waals surface area contributed by atoms with Crippen molar-refractivity contribution >= 4 is 24.2 Å². The summed E-state index contributed by atoms with van der Waals surface area (Å²) >= 11 is 0. The Balaban J connectivity index is 0.00000368. The summed E-state index contributed by atoms with van der Waals surface area (Å²) in [5.74, 6) is -0.790. The second-order valence-corrected chi connectivity index (χ2v) is 12.9. The Morgan fingerprint density at radius 3 is 2.33 bits per heavy atom. The van der Waals surface area contributed by atoms with Gasteiger partial charge >= 0.3 is 37.2 Å². The molecule has 3 amide bonds. The molecule has 0 aliphatic carbocycles. The molecule has 0 saturated carbocycles. The molecule has 46 heavy (non-hydrogen) atoms. The number of aromatic hydroxyl groups is 1. The largest absolute Gasteiger partial charge is 2.00 e. The molecule has 11 heteroatoms. The number of nitrogens with one attached hydrogen (secondary N) is 1. The fourth-order valence-electron chi connectivity index (χ4n) is 5.89. The van der Waals surface area contributed by atoms with Crippen molar-refractivity contribution in [1.29, 1.82) is 0 Å². The molecule has 2 aromatic rings. The van der Waals surface area contributed by atoms with E-state index in [0.717, 1.165) is 19.3 Å². The monoisotopic (exact) mass is 861 g/mol. The van der Waals surface area contributed by atoms with Crippen molar-refractivity contribution in [3.63, 3.8) is 0 Å². The number of amides is 3. The molecule has 2 aliphatic rings. The van der Waals surface area contributed by atoms with Crippen LogP contribution < -0.4 is 5.32 Å². The van der Waals surface area contributed by atoms with Crippen LogP contribution in [-0.4, -0.2) is 70.9 Å². The maximum atomic E-state index is 14.6. The fourth-order valence-corrected chi connectivity index (χ4v) is 5.89. The molecule has 2 fully saturated rings. The quantitative estimate of drug-likeness (QED) is 0.301. The van der Waals surface area contributed by atoms with Gasteiger partial charge in [-0.25, -0.2) is 9.18 Å². The molecule has 248 valence electrons. The van der Waals surface area contributed by atoms with Crippen molar-refractivity contribution in [3.05, 3.63) is 61.3 Å². The van der Waals surface area contributed by atoms with E-state index in [4.69, 9.17) is 4.74 Å². The molecule has 2 aliphatic heterocycles. The van der Waals surface area contributed by atoms with E-state index in [-0.39, 0.29) is 68.6 Å². The van der Waals surface area contributed by atoms with Crippen LogP contribution in [0.1, 0.15) is 77.3 Å². The molecular formula is C35H46FN3O6U. The first-order valence-corrected chi connectivity index (χ1v) is 15.4. The van der Waals surface area contributed by atoms with Crippen molar-refractivity contribution in [2.24, 2.45) is 11.8 Å². The van der Waals surface area contributed by atoms with E-state index in [9.17, 15) is 28.7 Å². The molecule has 0 bridgehead atoms. The Kier molecular flexibility index (Phi) is 15.3. The molecule has 2 aromatic carbocycles. The summed E-state index contributed by atoms with van der Waals surface area (Å²) in [5.41, 5.74) is 1.13. The molecule has 4 rings (SSSR count). The van der Waals surface area contributed by atoms with Gasteiger partial charge in [0.25, 0.3) is 0 Å². The molecule has 0 aromatic heterocycles. The van der Waals surface area contributed by atoms with E-state index in [1.54, 1.807) is 28.0 Å². The number of phenols is 1. The molecule has 2 atom stereocenters. The fraction of sp³-hybridized carbons (Fsp3) is 0.514. The Hall–Kier alpha value is -2.90. The van der Waals surface area contributed by atoms with E-state index in [1.165, 1.54) is 24.3 Å². The van der Waals surface area contributed by atoms with Gasteiger partial charge < -0.3 is 37.2 Å². The average Bonchev–Trinajstić information content (AvgIpc) is 2.99. The van der Waals surface area contributed by atoms with Crippen LogP contribution in [0.5, 0.6) is 5.75 Å². The molecular weight excluding hydrogens is 815 g/mol. The van der Waals surface area contributed by atoms with Crippen molar-refractivity contribution in [1.82, 2.24) is 15.1 Å². The number of hydrogen-bond acceptors (Lipinski definition) is 6. The zero-order valence-electron chi connectivity index (χ0n) is 27.3. The van der Waals surface area contributed by atoms with Crippen molar-refractivity contribution < 1.29 is 64.5 Å². The number of benzene rings is 2. The third kappa shape index (κ3) is 11.4. The molecule has 0 radical (unpaired) electrons. The van der Waals surface area contributed by atoms with E-state index in [2.05, 4.69) is 5.32 Å². The van der Waals surface area contributed by atoms with Crippen LogP contribution in [-0.2, 0) is 19.1 Å². The second kappa shape index (κ2) is 17.9. The van der Waals surface area contributed by atoms with Gasteiger partial charge in [-0.15, -0.1) is 6.42 Å². The van der Waals surface area contributed by atoms with Crippen LogP contribution in [0.3, 0.4) is 0 Å². The number of carbonyl (C=O) groups excluding carboxylic acids is 4. The van der Waals surface area contributed by atoms with Crippen molar-refractivity contribution in [2.45, 2.75) is 77.4 Å². The average molecular weight is 862 g/mol. The van der Waals surface area contributed by atoms with Gasteiger partial charge in [0, 0.05) is 38.6 Å². The van der Waals surface area contributed by atoms with E-state index < -0.39 is 23.4 Å². The Morgan fingerprint density at radius 2 is 1.70 bits per heavy atom. The first-order chi connectivity index (χ1) is 20.9. The van der Waals surface area contributed by atoms with E-state index >= 15 is 0 Å². The van der Waals surface area contributed by atoms with E-state index in [1.807, 2.05) is 27.1 Å². The summed E-state index contributed by atoms with van der Waals surface area (Å²) in [6, 6.07) is 9.92. The van der Waals surface area contributed by atoms with Crippen molar-refractivity contribution in [2.75, 3.05) is 26.2 Å². The Morgan fingerprint density at radius 1 is 1.02 bits per heavy atom. The minimum Gasteiger partial charge on any atom is -0.542 e. The molecule has 2 saturated heterocycles. The predicted octanol–water partition coefficient (Wildman–Crippen LogP) is 5.97. The number of likely N-dealkylation sites (tertiary alicyclic amines) is 2. The van der Waals surface area contributed by atoms with Gasteiger partial charge in [0.1, 0.15) is 17.2 Å². The summed E-state index contributed by atoms with van der Waals surface area (Å²) in [6.45, 7) is 7.65. The summed E-state index contributed by atoms with van der Waals surface area (Å²) in [5, 5.41) is 12.5. The zero-order valence-corrected chi connectivity index (χ0v) is 31.5. The molecule has 1 unspecified atom stereocenters. The summed E-state index contributed by atoms with van der Waals surface area (Å²) in [4.78, 5) is 53.7. The standard InChI is InChI=1S/C34H43FN3O6.CH3.U/c1-34(2,3)44-33(43)37-16-12-23(13-17-37)6-11-31(41)38-15-4-5-25(22-38)32(42)36-30(14-18-39)27-19-26(20-28(35)21-27)24-7-9-29(40)10-8-24;;/h7-10,19-21,23,25,30,40H,4-6,11-17,22H2,1-3H3,(H,36,42);1H3;/q2*-1;+2/t25-,30?;;/m1../s1. The Bertz CT molecular complexity index is 1320. The SMILES string of the molecule is CC(C)(C)OC(=O)N1CCC(CCC(=O)N2CCC[C@@H](C(=O)NC(C[C-]=O)c3cc(F)cc(-c4ccc(O)cc4)c3)C2)CC1.[CH3-].[U+2]. The molecule has 2 heterocycles. The normalized spacial score (nSPS) is 17.6. The van der Waals surface area contributed by atoms with Crippen LogP contribution in [0.4, 0.5) is 9.18 Å². The van der Waals surface area contributed by atoms with Crippen LogP contribution >= 0.6 is 0 Å². The van der Waals surface area contributed by atoms with Crippen LogP contribution in [0.2, 0.25) is 0 Å². The minimum absolute atomic E-state index is 0. The van der Waals surface area contributed by atoms with Gasteiger partial charge in [-0.05, 0) is 106 Å². The maximum Gasteiger partial charge on any atom is 2.00 e. The summed E-state index contributed by atoms with van der Waals surface area (Å²) < 4.78 is 20.1. The number of carbonyl (C=O) groups is 3. The number of halogens is 1. The first kappa shape index (κ1) is 39.3. The van der Waals surface area contributed by atoms with E-state index in [0.29, 0.717) is 68.0 Å². The van der Waals surface area contributed by atoms with Gasteiger partial charge in [-0.2, -0.15) is 0 Å². The van der Waals surface area contributed by atoms with Gasteiger partial charge in [0.15, 0.2) is 0 Å². The Labute approximate surface area is 296 Å². The summed E-state index contributed by atoms with van der Waals surface area (Å²) in [7, 11) is 0. The second-order valence-electron chi connectivity index (χ2n) is 12.9. The van der Waals surface area contributed by atoms with Gasteiger partial charge in [0.05, 0.1) is 5.92 Å². The van der Waals surface area contributed by atoms with Crippen molar-refractivity contribution in [3.8, 4) is 16.9 Å². The zero-order chi connectivity index (χ0) is 31.9. The van der Waals surface area contributed by atoms with Gasteiger partial charge in [-0.3, -0.25) is 15.9 Å². The summed E-state index contributed by atoms with van der Waals surface area (Å²) in [6.07, 6.45) is 5.45. The number of hydrogen-bond donors (Lipinski definition) is 2. The third-order valence-corrected chi connectivity index (χ3v) is 8.30.